The van der Waals surface area contributed by atoms with Crippen molar-refractivity contribution >= 4 is 11.6 Å². The lowest BCUT2D eigenvalue weighted by Gasteiger charge is -2.18. The van der Waals surface area contributed by atoms with E-state index in [0.29, 0.717) is 17.7 Å². The number of rotatable bonds is 7. The summed E-state index contributed by atoms with van der Waals surface area (Å²) in [6, 6.07) is 7.51. The highest BCUT2D eigenvalue weighted by atomic mass is 35.5. The van der Waals surface area contributed by atoms with E-state index in [-0.39, 0.29) is 6.04 Å². The van der Waals surface area contributed by atoms with E-state index >= 15 is 0 Å². The van der Waals surface area contributed by atoms with Crippen LogP contribution in [0.1, 0.15) is 25.7 Å². The predicted molar refractivity (Wildman–Crippen MR) is 76.3 cm³/mol. The van der Waals surface area contributed by atoms with Gasteiger partial charge in [-0.05, 0) is 43.9 Å². The molecule has 1 heterocycles. The lowest BCUT2D eigenvalue weighted by Crippen LogP contribution is -2.40. The zero-order valence-corrected chi connectivity index (χ0v) is 11.7. The Bertz CT molecular complexity index is 383. The zero-order chi connectivity index (χ0) is 13.5. The fourth-order valence-corrected chi connectivity index (χ4v) is 2.41. The first-order valence-electron chi connectivity index (χ1n) is 6.74. The van der Waals surface area contributed by atoms with Crippen LogP contribution in [0, 0.1) is 0 Å². The van der Waals surface area contributed by atoms with E-state index in [4.69, 9.17) is 26.9 Å². The van der Waals surface area contributed by atoms with Crippen LogP contribution in [-0.2, 0) is 4.74 Å². The molecule has 0 spiro atoms. The van der Waals surface area contributed by atoms with Crippen molar-refractivity contribution in [3.05, 3.63) is 29.3 Å². The maximum Gasteiger partial charge on any atom is 0.120 e. The van der Waals surface area contributed by atoms with Crippen LogP contribution < -0.4 is 16.0 Å². The maximum atomic E-state index is 5.90. The Morgan fingerprint density at radius 1 is 1.53 bits per heavy atom. The molecule has 2 atom stereocenters. The summed E-state index contributed by atoms with van der Waals surface area (Å²) in [5.41, 5.74) is 2.80. The molecule has 0 bridgehead atoms. The summed E-state index contributed by atoms with van der Waals surface area (Å²) >= 11 is 5.90. The summed E-state index contributed by atoms with van der Waals surface area (Å²) in [5.74, 6) is 6.32. The molecule has 1 aromatic carbocycles. The second kappa shape index (κ2) is 7.70. The Labute approximate surface area is 119 Å². The van der Waals surface area contributed by atoms with Gasteiger partial charge < -0.3 is 9.47 Å². The molecule has 1 aliphatic rings. The summed E-state index contributed by atoms with van der Waals surface area (Å²) in [7, 11) is 0. The van der Waals surface area contributed by atoms with Gasteiger partial charge in [0.05, 0.1) is 12.1 Å². The molecular formula is C14H21ClN2O2. The molecule has 19 heavy (non-hydrogen) atoms. The molecule has 106 valence electrons. The second-order valence-electron chi connectivity index (χ2n) is 4.84. The monoisotopic (exact) mass is 284 g/mol. The Hall–Kier alpha value is -0.810. The third-order valence-electron chi connectivity index (χ3n) is 3.34. The minimum absolute atomic E-state index is 0.128. The smallest absolute Gasteiger partial charge is 0.120 e. The van der Waals surface area contributed by atoms with Crippen molar-refractivity contribution in [2.75, 3.05) is 13.2 Å². The topological polar surface area (TPSA) is 56.5 Å². The number of nitrogens with one attached hydrogen (secondary N) is 1. The van der Waals surface area contributed by atoms with Crippen LogP contribution in [0.15, 0.2) is 24.3 Å². The van der Waals surface area contributed by atoms with E-state index in [1.165, 1.54) is 6.42 Å². The van der Waals surface area contributed by atoms with Crippen molar-refractivity contribution in [2.45, 2.75) is 37.8 Å². The lowest BCUT2D eigenvalue weighted by molar-refractivity contribution is 0.0971. The highest BCUT2D eigenvalue weighted by Crippen LogP contribution is 2.19. The quantitative estimate of drug-likeness (QED) is 0.597. The minimum atomic E-state index is 0.128. The van der Waals surface area contributed by atoms with Gasteiger partial charge >= 0.3 is 0 Å². The van der Waals surface area contributed by atoms with Crippen molar-refractivity contribution in [1.82, 2.24) is 5.43 Å². The Morgan fingerprint density at radius 2 is 2.42 bits per heavy atom. The number of hydrogen-bond acceptors (Lipinski definition) is 4. The molecule has 2 unspecified atom stereocenters. The summed E-state index contributed by atoms with van der Waals surface area (Å²) < 4.78 is 11.3. The van der Waals surface area contributed by atoms with Crippen LogP contribution in [0.5, 0.6) is 5.75 Å². The van der Waals surface area contributed by atoms with Gasteiger partial charge in [0.25, 0.3) is 0 Å². The van der Waals surface area contributed by atoms with Crippen LogP contribution in [0.4, 0.5) is 0 Å². The lowest BCUT2D eigenvalue weighted by atomic mass is 10.1. The van der Waals surface area contributed by atoms with Crippen LogP contribution >= 0.6 is 11.6 Å². The first-order chi connectivity index (χ1) is 9.28. The number of nitrogens with two attached hydrogens (primary N) is 1. The third-order valence-corrected chi connectivity index (χ3v) is 3.58. The minimum Gasteiger partial charge on any atom is -0.492 e. The summed E-state index contributed by atoms with van der Waals surface area (Å²) in [5, 5.41) is 0.675. The molecule has 0 saturated carbocycles. The van der Waals surface area contributed by atoms with Crippen LogP contribution in [0.25, 0.3) is 0 Å². The number of halogens is 1. The standard InChI is InChI=1S/C14H21ClN2O2/c15-11-3-1-4-14(9-11)19-10-12(17-16)6-7-13-5-2-8-18-13/h1,3-4,9,12-13,17H,2,5-8,10,16H2. The molecule has 0 aromatic heterocycles. The second-order valence-corrected chi connectivity index (χ2v) is 5.28. The van der Waals surface area contributed by atoms with Gasteiger partial charge in [-0.2, -0.15) is 0 Å². The molecule has 1 saturated heterocycles. The molecular weight excluding hydrogens is 264 g/mol. The Kier molecular flexibility index (Phi) is 5.92. The number of hydrazine groups is 1. The SMILES string of the molecule is NNC(CCC1CCCO1)COc1cccc(Cl)c1. The van der Waals surface area contributed by atoms with Crippen LogP contribution in [-0.4, -0.2) is 25.4 Å². The van der Waals surface area contributed by atoms with Crippen LogP contribution in [0.2, 0.25) is 5.02 Å². The van der Waals surface area contributed by atoms with Gasteiger partial charge in [-0.1, -0.05) is 17.7 Å². The first kappa shape index (κ1) is 14.6. The van der Waals surface area contributed by atoms with Gasteiger partial charge in [0.15, 0.2) is 0 Å². The van der Waals surface area contributed by atoms with Crippen molar-refractivity contribution in [3.8, 4) is 5.75 Å². The fraction of sp³-hybridized carbons (Fsp3) is 0.571. The highest BCUT2D eigenvalue weighted by molar-refractivity contribution is 6.30. The van der Waals surface area contributed by atoms with Gasteiger partial charge in [-0.15, -0.1) is 0 Å². The Morgan fingerprint density at radius 3 is 3.11 bits per heavy atom. The molecule has 0 aliphatic carbocycles. The van der Waals surface area contributed by atoms with E-state index < -0.39 is 0 Å². The van der Waals surface area contributed by atoms with Gasteiger partial charge in [0, 0.05) is 11.6 Å². The summed E-state index contributed by atoms with van der Waals surface area (Å²) in [6.45, 7) is 1.42. The molecule has 1 aliphatic heterocycles. The average molecular weight is 285 g/mol. The van der Waals surface area contributed by atoms with Gasteiger partial charge in [-0.3, -0.25) is 11.3 Å². The maximum absolute atomic E-state index is 5.90. The van der Waals surface area contributed by atoms with Gasteiger partial charge in [-0.25, -0.2) is 0 Å². The molecule has 4 nitrogen and oxygen atoms in total. The zero-order valence-electron chi connectivity index (χ0n) is 11.0. The van der Waals surface area contributed by atoms with E-state index in [1.54, 1.807) is 6.07 Å². The van der Waals surface area contributed by atoms with Gasteiger partial charge in [0.2, 0.25) is 0 Å². The molecule has 2 rings (SSSR count). The predicted octanol–water partition coefficient (Wildman–Crippen LogP) is 2.51. The van der Waals surface area contributed by atoms with E-state index in [1.807, 2.05) is 18.2 Å². The van der Waals surface area contributed by atoms with Crippen molar-refractivity contribution in [3.63, 3.8) is 0 Å². The largest absolute Gasteiger partial charge is 0.492 e. The third kappa shape index (κ3) is 4.99. The number of benzene rings is 1. The van der Waals surface area contributed by atoms with E-state index in [2.05, 4.69) is 5.43 Å². The van der Waals surface area contributed by atoms with Crippen molar-refractivity contribution < 1.29 is 9.47 Å². The summed E-state index contributed by atoms with van der Waals surface area (Å²) in [4.78, 5) is 0. The molecule has 5 heteroatoms. The average Bonchev–Trinajstić information content (AvgIpc) is 2.92. The fourth-order valence-electron chi connectivity index (χ4n) is 2.23. The van der Waals surface area contributed by atoms with E-state index in [9.17, 15) is 0 Å². The molecule has 1 fully saturated rings. The number of hydrogen-bond donors (Lipinski definition) is 2. The first-order valence-corrected chi connectivity index (χ1v) is 7.12. The summed E-state index contributed by atoms with van der Waals surface area (Å²) in [6.07, 6.45) is 4.69. The van der Waals surface area contributed by atoms with E-state index in [0.717, 1.165) is 31.6 Å². The van der Waals surface area contributed by atoms with Gasteiger partial charge in [0.1, 0.15) is 12.4 Å². The molecule has 1 aromatic rings. The molecule has 0 radical (unpaired) electrons. The normalized spacial score (nSPS) is 20.4. The molecule has 0 amide bonds. The van der Waals surface area contributed by atoms with Crippen molar-refractivity contribution in [1.29, 1.82) is 0 Å². The van der Waals surface area contributed by atoms with Crippen LogP contribution in [0.3, 0.4) is 0 Å². The van der Waals surface area contributed by atoms with Crippen molar-refractivity contribution in [2.24, 2.45) is 5.84 Å². The molecule has 3 N–H and O–H groups in total. The highest BCUT2D eigenvalue weighted by Gasteiger charge is 2.17. The number of ether oxygens (including phenoxy) is 2. The Balaban J connectivity index is 1.72.